The van der Waals surface area contributed by atoms with Crippen LogP contribution in [0.4, 0.5) is 21.5 Å². The van der Waals surface area contributed by atoms with Crippen molar-refractivity contribution in [2.45, 2.75) is 0 Å². The lowest BCUT2D eigenvalue weighted by atomic mass is 10.2. The molecule has 0 radical (unpaired) electrons. The molecule has 0 aromatic heterocycles. The topological polar surface area (TPSA) is 92.5 Å². The van der Waals surface area contributed by atoms with E-state index in [1.54, 1.807) is 6.07 Å². The quantitative estimate of drug-likeness (QED) is 0.640. The SMILES string of the molecule is O=C(O)c1cccc(Nc2cc(Br)c(F)cc2[N+](=O)[O-])c1. The summed E-state index contributed by atoms with van der Waals surface area (Å²) in [6.07, 6.45) is 0. The average molecular weight is 355 g/mol. The molecule has 0 aliphatic heterocycles. The first kappa shape index (κ1) is 14.9. The van der Waals surface area contributed by atoms with Gasteiger partial charge in [0.15, 0.2) is 0 Å². The summed E-state index contributed by atoms with van der Waals surface area (Å²) in [4.78, 5) is 21.1. The van der Waals surface area contributed by atoms with Gasteiger partial charge < -0.3 is 10.4 Å². The van der Waals surface area contributed by atoms with Gasteiger partial charge in [0.1, 0.15) is 11.5 Å². The Morgan fingerprint density at radius 2 is 2.05 bits per heavy atom. The summed E-state index contributed by atoms with van der Waals surface area (Å²) in [6.45, 7) is 0. The van der Waals surface area contributed by atoms with E-state index in [-0.39, 0.29) is 15.7 Å². The molecule has 0 amide bonds. The van der Waals surface area contributed by atoms with Gasteiger partial charge in [-0.1, -0.05) is 6.07 Å². The second kappa shape index (κ2) is 5.88. The van der Waals surface area contributed by atoms with Crippen molar-refractivity contribution in [2.24, 2.45) is 0 Å². The molecule has 108 valence electrons. The summed E-state index contributed by atoms with van der Waals surface area (Å²) in [6, 6.07) is 7.77. The van der Waals surface area contributed by atoms with Crippen LogP contribution in [0.3, 0.4) is 0 Å². The third-order valence-electron chi connectivity index (χ3n) is 2.62. The molecule has 0 heterocycles. The molecule has 2 aromatic carbocycles. The summed E-state index contributed by atoms with van der Waals surface area (Å²) in [5, 5.41) is 22.6. The predicted octanol–water partition coefficient (Wildman–Crippen LogP) is 3.94. The third kappa shape index (κ3) is 3.34. The average Bonchev–Trinajstić information content (AvgIpc) is 2.42. The number of carbonyl (C=O) groups is 1. The monoisotopic (exact) mass is 354 g/mol. The molecule has 0 aliphatic carbocycles. The van der Waals surface area contributed by atoms with E-state index >= 15 is 0 Å². The minimum absolute atomic E-state index is 0.0313. The van der Waals surface area contributed by atoms with Gasteiger partial charge in [-0.05, 0) is 40.2 Å². The number of nitrogens with zero attached hydrogens (tertiary/aromatic N) is 1. The van der Waals surface area contributed by atoms with Gasteiger partial charge in [0.25, 0.3) is 5.69 Å². The number of halogens is 2. The molecule has 2 rings (SSSR count). The molecule has 21 heavy (non-hydrogen) atoms. The number of benzene rings is 2. The molecule has 2 aromatic rings. The van der Waals surface area contributed by atoms with Crippen molar-refractivity contribution in [3.05, 3.63) is 62.4 Å². The van der Waals surface area contributed by atoms with Gasteiger partial charge in [0, 0.05) is 5.69 Å². The molecule has 6 nitrogen and oxygen atoms in total. The number of carboxylic acids is 1. The highest BCUT2D eigenvalue weighted by molar-refractivity contribution is 9.10. The molecule has 8 heteroatoms. The number of hydrogen-bond acceptors (Lipinski definition) is 4. The van der Waals surface area contributed by atoms with E-state index in [1.807, 2.05) is 0 Å². The molecule has 0 atom stereocenters. The highest BCUT2D eigenvalue weighted by atomic mass is 79.9. The zero-order chi connectivity index (χ0) is 15.6. The van der Waals surface area contributed by atoms with Crippen molar-refractivity contribution in [1.29, 1.82) is 0 Å². The first-order valence-electron chi connectivity index (χ1n) is 5.62. The van der Waals surface area contributed by atoms with Crippen molar-refractivity contribution < 1.29 is 19.2 Å². The number of hydrogen-bond donors (Lipinski definition) is 2. The maximum Gasteiger partial charge on any atom is 0.335 e. The zero-order valence-electron chi connectivity index (χ0n) is 10.3. The molecule has 0 spiro atoms. The highest BCUT2D eigenvalue weighted by Crippen LogP contribution is 2.32. The first-order valence-corrected chi connectivity index (χ1v) is 6.41. The van der Waals surface area contributed by atoms with Gasteiger partial charge >= 0.3 is 5.97 Å². The lowest BCUT2D eigenvalue weighted by Crippen LogP contribution is -2.00. The normalized spacial score (nSPS) is 10.2. The minimum atomic E-state index is -1.12. The maximum atomic E-state index is 13.4. The largest absolute Gasteiger partial charge is 0.478 e. The fourth-order valence-corrected chi connectivity index (χ4v) is 2.02. The summed E-state index contributed by atoms with van der Waals surface area (Å²) >= 11 is 2.95. The van der Waals surface area contributed by atoms with Crippen LogP contribution in [0, 0.1) is 15.9 Å². The molecule has 0 saturated heterocycles. The lowest BCUT2D eigenvalue weighted by Gasteiger charge is -2.09. The first-order chi connectivity index (χ1) is 9.88. The molecule has 0 aliphatic rings. The highest BCUT2D eigenvalue weighted by Gasteiger charge is 2.18. The van der Waals surface area contributed by atoms with Gasteiger partial charge in [-0.3, -0.25) is 10.1 Å². The van der Waals surface area contributed by atoms with Crippen LogP contribution in [-0.2, 0) is 0 Å². The number of carboxylic acid groups (broad SMARTS) is 1. The van der Waals surface area contributed by atoms with E-state index in [1.165, 1.54) is 24.3 Å². The van der Waals surface area contributed by atoms with E-state index in [0.29, 0.717) is 5.69 Å². The smallest absolute Gasteiger partial charge is 0.335 e. The van der Waals surface area contributed by atoms with Gasteiger partial charge in [-0.25, -0.2) is 9.18 Å². The Kier molecular flexibility index (Phi) is 4.18. The Morgan fingerprint density at radius 1 is 1.33 bits per heavy atom. The van der Waals surface area contributed by atoms with Gasteiger partial charge in [0.2, 0.25) is 0 Å². The van der Waals surface area contributed by atoms with Gasteiger partial charge in [-0.15, -0.1) is 0 Å². The summed E-state index contributed by atoms with van der Waals surface area (Å²) in [5.41, 5.74) is -0.0208. The van der Waals surface area contributed by atoms with Crippen molar-refractivity contribution in [1.82, 2.24) is 0 Å². The molecule has 0 bridgehead atoms. The number of anilines is 2. The van der Waals surface area contributed by atoms with Gasteiger partial charge in [0.05, 0.1) is 21.0 Å². The van der Waals surface area contributed by atoms with Crippen LogP contribution < -0.4 is 5.32 Å². The third-order valence-corrected chi connectivity index (χ3v) is 3.23. The van der Waals surface area contributed by atoms with Crippen molar-refractivity contribution in [3.63, 3.8) is 0 Å². The van der Waals surface area contributed by atoms with Crippen LogP contribution in [-0.4, -0.2) is 16.0 Å². The van der Waals surface area contributed by atoms with Crippen LogP contribution in [0.1, 0.15) is 10.4 Å². The van der Waals surface area contributed by atoms with Crippen molar-refractivity contribution >= 4 is 39.0 Å². The number of nitro groups is 1. The number of nitrogens with one attached hydrogen (secondary N) is 1. The van der Waals surface area contributed by atoms with Crippen molar-refractivity contribution in [3.8, 4) is 0 Å². The minimum Gasteiger partial charge on any atom is -0.478 e. The van der Waals surface area contributed by atoms with Crippen LogP contribution in [0.25, 0.3) is 0 Å². The molecule has 0 saturated carbocycles. The number of aromatic carboxylic acids is 1. The standard InChI is InChI=1S/C13H8BrFN2O4/c14-9-5-11(12(17(20)21)6-10(9)15)16-8-3-1-2-7(4-8)13(18)19/h1-6,16H,(H,18,19). The fraction of sp³-hybridized carbons (Fsp3) is 0. The summed E-state index contributed by atoms with van der Waals surface area (Å²) in [5.74, 6) is -1.88. The predicted molar refractivity (Wildman–Crippen MR) is 77.4 cm³/mol. The lowest BCUT2D eigenvalue weighted by molar-refractivity contribution is -0.384. The Labute approximate surface area is 126 Å². The van der Waals surface area contributed by atoms with Crippen LogP contribution in [0.2, 0.25) is 0 Å². The van der Waals surface area contributed by atoms with E-state index in [0.717, 1.165) is 6.07 Å². The second-order valence-corrected chi connectivity index (χ2v) is 4.91. The van der Waals surface area contributed by atoms with Crippen LogP contribution >= 0.6 is 15.9 Å². The Bertz CT molecular complexity index is 736. The van der Waals surface area contributed by atoms with E-state index in [9.17, 15) is 19.3 Å². The molecular formula is C13H8BrFN2O4. The fourth-order valence-electron chi connectivity index (χ4n) is 1.67. The number of nitro benzene ring substituents is 1. The Morgan fingerprint density at radius 3 is 2.67 bits per heavy atom. The maximum absolute atomic E-state index is 13.4. The van der Waals surface area contributed by atoms with Crippen LogP contribution in [0.15, 0.2) is 40.9 Å². The van der Waals surface area contributed by atoms with E-state index in [4.69, 9.17) is 5.11 Å². The zero-order valence-corrected chi connectivity index (χ0v) is 11.9. The Hall–Kier alpha value is -2.48. The van der Waals surface area contributed by atoms with E-state index in [2.05, 4.69) is 21.2 Å². The molecular weight excluding hydrogens is 347 g/mol. The number of rotatable bonds is 4. The molecule has 0 fully saturated rings. The molecule has 0 unspecified atom stereocenters. The Balaban J connectivity index is 2.43. The second-order valence-electron chi connectivity index (χ2n) is 4.05. The van der Waals surface area contributed by atoms with E-state index < -0.39 is 22.4 Å². The van der Waals surface area contributed by atoms with Crippen molar-refractivity contribution in [2.75, 3.05) is 5.32 Å². The summed E-state index contributed by atoms with van der Waals surface area (Å²) < 4.78 is 13.4. The summed E-state index contributed by atoms with van der Waals surface area (Å²) in [7, 11) is 0. The molecule has 2 N–H and O–H groups in total. The van der Waals surface area contributed by atoms with Gasteiger partial charge in [-0.2, -0.15) is 0 Å². The van der Waals surface area contributed by atoms with Crippen LogP contribution in [0.5, 0.6) is 0 Å².